The Morgan fingerprint density at radius 2 is 2.11 bits per heavy atom. The van der Waals surface area contributed by atoms with Crippen LogP contribution in [0.1, 0.15) is 6.92 Å². The van der Waals surface area contributed by atoms with Crippen molar-refractivity contribution >= 4 is 33.2 Å². The molecule has 0 fully saturated rings. The van der Waals surface area contributed by atoms with Gasteiger partial charge in [0, 0.05) is 11.3 Å². The lowest BCUT2D eigenvalue weighted by atomic mass is 10.2. The Kier molecular flexibility index (Phi) is 5.48. The van der Waals surface area contributed by atoms with Gasteiger partial charge in [-0.2, -0.15) is 11.8 Å². The van der Waals surface area contributed by atoms with Crippen LogP contribution in [0.4, 0.5) is 11.4 Å². The average Bonchev–Trinajstić information content (AvgIpc) is 2.32. The van der Waals surface area contributed by atoms with Crippen LogP contribution in [0.3, 0.4) is 0 Å². The van der Waals surface area contributed by atoms with Gasteiger partial charge >= 0.3 is 0 Å². The van der Waals surface area contributed by atoms with Crippen molar-refractivity contribution in [2.75, 3.05) is 23.9 Å². The first-order valence-electron chi connectivity index (χ1n) is 5.62. The molecule has 1 aromatic rings. The molecular formula is C11H19N3O3S2. The summed E-state index contributed by atoms with van der Waals surface area (Å²) in [6.07, 6.45) is 1.89. The number of aliphatic hydroxyl groups excluding tert-OH is 1. The number of thioether (sulfide) groups is 1. The Morgan fingerprint density at radius 3 is 2.58 bits per heavy atom. The second-order valence-electron chi connectivity index (χ2n) is 4.18. The molecule has 8 heteroatoms. The zero-order valence-corrected chi connectivity index (χ0v) is 12.5. The number of hydrogen-bond donors (Lipinski definition) is 4. The van der Waals surface area contributed by atoms with Crippen LogP contribution in [0.2, 0.25) is 0 Å². The Balaban J connectivity index is 3.01. The molecule has 108 valence electrons. The number of rotatable bonds is 6. The zero-order chi connectivity index (χ0) is 14.6. The van der Waals surface area contributed by atoms with Crippen molar-refractivity contribution in [1.29, 1.82) is 0 Å². The molecule has 0 saturated carbocycles. The fourth-order valence-electron chi connectivity index (χ4n) is 1.61. The predicted octanol–water partition coefficient (Wildman–Crippen LogP) is 0.440. The molecule has 0 heterocycles. The number of nitrogens with one attached hydrogen (secondary N) is 1. The van der Waals surface area contributed by atoms with E-state index in [2.05, 4.69) is 5.32 Å². The molecule has 1 rings (SSSR count). The van der Waals surface area contributed by atoms with Gasteiger partial charge in [-0.05, 0) is 31.4 Å². The highest BCUT2D eigenvalue weighted by molar-refractivity contribution is 7.99. The number of hydrogen-bond acceptors (Lipinski definition) is 6. The maximum atomic E-state index is 11.3. The van der Waals surface area contributed by atoms with Gasteiger partial charge in [-0.3, -0.25) is 0 Å². The Bertz CT molecular complexity index is 530. The average molecular weight is 305 g/mol. The maximum Gasteiger partial charge on any atom is 0.238 e. The number of anilines is 2. The number of nitrogen functional groups attached to an aromatic ring is 1. The molecule has 0 bridgehead atoms. The van der Waals surface area contributed by atoms with E-state index in [4.69, 9.17) is 10.9 Å². The minimum absolute atomic E-state index is 0.00102. The van der Waals surface area contributed by atoms with Gasteiger partial charge in [-0.15, -0.1) is 0 Å². The van der Waals surface area contributed by atoms with Crippen molar-refractivity contribution in [3.63, 3.8) is 0 Å². The van der Waals surface area contributed by atoms with Crippen molar-refractivity contribution in [2.45, 2.75) is 23.1 Å². The highest BCUT2D eigenvalue weighted by Crippen LogP contribution is 2.24. The normalized spacial score (nSPS) is 14.9. The summed E-state index contributed by atoms with van der Waals surface area (Å²) >= 11 is 1.52. The highest BCUT2D eigenvalue weighted by atomic mass is 32.2. The molecular weight excluding hydrogens is 286 g/mol. The van der Waals surface area contributed by atoms with Crippen LogP contribution < -0.4 is 16.2 Å². The first-order valence-corrected chi connectivity index (χ1v) is 8.45. The van der Waals surface area contributed by atoms with Crippen LogP contribution in [0.15, 0.2) is 23.1 Å². The van der Waals surface area contributed by atoms with Crippen molar-refractivity contribution < 1.29 is 13.5 Å². The van der Waals surface area contributed by atoms with Gasteiger partial charge < -0.3 is 16.2 Å². The monoisotopic (exact) mass is 305 g/mol. The molecule has 19 heavy (non-hydrogen) atoms. The lowest BCUT2D eigenvalue weighted by Gasteiger charge is -2.23. The van der Waals surface area contributed by atoms with E-state index in [0.717, 1.165) is 0 Å². The maximum absolute atomic E-state index is 11.3. The van der Waals surface area contributed by atoms with E-state index in [0.29, 0.717) is 11.4 Å². The predicted molar refractivity (Wildman–Crippen MR) is 79.7 cm³/mol. The fourth-order valence-corrected chi connectivity index (χ4v) is 2.78. The minimum atomic E-state index is -3.76. The molecule has 1 aromatic carbocycles. The first-order chi connectivity index (χ1) is 8.79. The van der Waals surface area contributed by atoms with Gasteiger partial charge in [0.25, 0.3) is 0 Å². The van der Waals surface area contributed by atoms with Crippen LogP contribution in [0.5, 0.6) is 0 Å². The number of aliphatic hydroxyl groups is 1. The SMILES string of the molecule is CSC(CO)C(C)Nc1cc(S(N)(=O)=O)ccc1N. The van der Waals surface area contributed by atoms with E-state index < -0.39 is 10.0 Å². The molecule has 2 atom stereocenters. The van der Waals surface area contributed by atoms with Crippen molar-refractivity contribution in [3.8, 4) is 0 Å². The summed E-state index contributed by atoms with van der Waals surface area (Å²) in [4.78, 5) is 0.00102. The standard InChI is InChI=1S/C11H19N3O3S2/c1-7(11(6-15)18-2)14-10-5-8(19(13,16)17)3-4-9(10)12/h3-5,7,11,14-15H,6,12H2,1-2H3,(H2,13,16,17). The van der Waals surface area contributed by atoms with Crippen LogP contribution in [0, 0.1) is 0 Å². The van der Waals surface area contributed by atoms with Crippen LogP contribution in [-0.4, -0.2) is 37.7 Å². The number of benzene rings is 1. The lowest BCUT2D eigenvalue weighted by Crippen LogP contribution is -2.31. The van der Waals surface area contributed by atoms with E-state index in [9.17, 15) is 13.5 Å². The van der Waals surface area contributed by atoms with E-state index in [1.165, 1.54) is 30.0 Å². The molecule has 6 N–H and O–H groups in total. The smallest absolute Gasteiger partial charge is 0.238 e. The molecule has 0 saturated heterocycles. The molecule has 0 aliphatic heterocycles. The highest BCUT2D eigenvalue weighted by Gasteiger charge is 2.17. The fraction of sp³-hybridized carbons (Fsp3) is 0.455. The summed E-state index contributed by atoms with van der Waals surface area (Å²) in [6.45, 7) is 1.91. The third kappa shape index (κ3) is 4.27. The molecule has 0 aliphatic rings. The summed E-state index contributed by atoms with van der Waals surface area (Å²) in [5.74, 6) is 0. The first kappa shape index (κ1) is 16.1. The van der Waals surface area contributed by atoms with Gasteiger partial charge in [-0.1, -0.05) is 0 Å². The molecule has 0 radical (unpaired) electrons. The third-order valence-corrected chi connectivity index (χ3v) is 4.85. The molecule has 0 aromatic heterocycles. The van der Waals surface area contributed by atoms with Crippen molar-refractivity contribution in [3.05, 3.63) is 18.2 Å². The largest absolute Gasteiger partial charge is 0.397 e. The van der Waals surface area contributed by atoms with Crippen molar-refractivity contribution in [2.24, 2.45) is 5.14 Å². The number of primary sulfonamides is 1. The van der Waals surface area contributed by atoms with E-state index >= 15 is 0 Å². The summed E-state index contributed by atoms with van der Waals surface area (Å²) in [5.41, 5.74) is 6.72. The Morgan fingerprint density at radius 1 is 1.47 bits per heavy atom. The lowest BCUT2D eigenvalue weighted by molar-refractivity contribution is 0.288. The van der Waals surface area contributed by atoms with Crippen LogP contribution >= 0.6 is 11.8 Å². The molecule has 0 aliphatic carbocycles. The third-order valence-electron chi connectivity index (χ3n) is 2.78. The second kappa shape index (κ2) is 6.47. The van der Waals surface area contributed by atoms with Gasteiger partial charge in [-0.25, -0.2) is 13.6 Å². The minimum Gasteiger partial charge on any atom is -0.397 e. The number of nitrogens with two attached hydrogens (primary N) is 2. The van der Waals surface area contributed by atoms with E-state index in [1.54, 1.807) is 0 Å². The molecule has 2 unspecified atom stereocenters. The second-order valence-corrected chi connectivity index (χ2v) is 6.82. The van der Waals surface area contributed by atoms with Crippen LogP contribution in [-0.2, 0) is 10.0 Å². The van der Waals surface area contributed by atoms with Gasteiger partial charge in [0.1, 0.15) is 0 Å². The quantitative estimate of drug-likeness (QED) is 0.566. The summed E-state index contributed by atoms with van der Waals surface area (Å²) in [7, 11) is -3.76. The van der Waals surface area contributed by atoms with Gasteiger partial charge in [0.15, 0.2) is 0 Å². The van der Waals surface area contributed by atoms with E-state index in [1.807, 2.05) is 13.2 Å². The van der Waals surface area contributed by atoms with Gasteiger partial charge in [0.05, 0.1) is 22.9 Å². The summed E-state index contributed by atoms with van der Waals surface area (Å²) in [5, 5.41) is 17.4. The van der Waals surface area contributed by atoms with E-state index in [-0.39, 0.29) is 22.8 Å². The summed E-state index contributed by atoms with van der Waals surface area (Å²) in [6, 6.07) is 4.18. The molecule has 0 amide bonds. The Labute approximate surface area is 117 Å². The van der Waals surface area contributed by atoms with Crippen molar-refractivity contribution in [1.82, 2.24) is 0 Å². The zero-order valence-electron chi connectivity index (χ0n) is 10.8. The summed E-state index contributed by atoms with van der Waals surface area (Å²) < 4.78 is 22.6. The topological polar surface area (TPSA) is 118 Å². The van der Waals surface area contributed by atoms with Gasteiger partial charge in [0.2, 0.25) is 10.0 Å². The molecule has 6 nitrogen and oxygen atoms in total. The number of sulfonamides is 1. The van der Waals surface area contributed by atoms with Crippen LogP contribution in [0.25, 0.3) is 0 Å². The Hall–Kier alpha value is -0.960. The molecule has 0 spiro atoms.